The summed E-state index contributed by atoms with van der Waals surface area (Å²) in [4.78, 5) is 0.361. The molecule has 0 aliphatic heterocycles. The van der Waals surface area contributed by atoms with Gasteiger partial charge in [-0.1, -0.05) is 0 Å². The molecule has 0 radical (unpaired) electrons. The Labute approximate surface area is 115 Å². The Bertz CT molecular complexity index is 430. The normalized spacial score (nSPS) is 45.4. The summed E-state index contributed by atoms with van der Waals surface area (Å²) in [6.07, 6.45) is 5.72. The first-order valence-corrected chi connectivity index (χ1v) is 8.98. The van der Waals surface area contributed by atoms with E-state index in [0.29, 0.717) is 25.7 Å². The van der Waals surface area contributed by atoms with Crippen molar-refractivity contribution in [2.75, 3.05) is 0 Å². The Kier molecular flexibility index (Phi) is 2.61. The Hall–Kier alpha value is -0.331. The molecule has 4 fully saturated rings. The zero-order chi connectivity index (χ0) is 12.2. The molecule has 3 unspecified atom stereocenters. The second kappa shape index (κ2) is 4.08. The van der Waals surface area contributed by atoms with Gasteiger partial charge in [0.15, 0.2) is 0 Å². The molecule has 4 aliphatic rings. The molecule has 0 N–H and O–H groups in total. The van der Waals surface area contributed by atoms with Gasteiger partial charge >= 0.3 is 114 Å². The monoisotopic (exact) mass is 310 g/mol. The van der Waals surface area contributed by atoms with Crippen molar-refractivity contribution in [1.29, 1.82) is 0 Å². The van der Waals surface area contributed by atoms with E-state index in [9.17, 15) is 0 Å². The van der Waals surface area contributed by atoms with E-state index in [4.69, 9.17) is 0 Å². The molecule has 0 nitrogen and oxygen atoms in total. The van der Waals surface area contributed by atoms with Crippen molar-refractivity contribution in [1.82, 2.24) is 0 Å². The summed E-state index contributed by atoms with van der Waals surface area (Å²) in [6, 6.07) is 10.6. The van der Waals surface area contributed by atoms with Gasteiger partial charge in [-0.15, -0.1) is 0 Å². The predicted octanol–water partition coefficient (Wildman–Crippen LogP) is 3.35. The fraction of sp³-hybridized carbons (Fsp3) is 0.625. The molecule has 4 saturated carbocycles. The van der Waals surface area contributed by atoms with Crippen molar-refractivity contribution in [2.24, 2.45) is 17.8 Å². The maximum atomic E-state index is 15.2. The summed E-state index contributed by atoms with van der Waals surface area (Å²) in [6.45, 7) is 0. The minimum absolute atomic E-state index is 0.327. The summed E-state index contributed by atoms with van der Waals surface area (Å²) in [5, 5.41) is 0. The van der Waals surface area contributed by atoms with Gasteiger partial charge in [-0.05, 0) is 0 Å². The molecular weight excluding hydrogens is 290 g/mol. The SMILES string of the molecule is FC12CC3CC(CC(C3)C1[Se]c1ccccc1)C2. The zero-order valence-corrected chi connectivity index (χ0v) is 12.2. The molecule has 1 aromatic carbocycles. The van der Waals surface area contributed by atoms with Crippen LogP contribution in [0.5, 0.6) is 0 Å². The number of alkyl halides is 1. The van der Waals surface area contributed by atoms with Gasteiger partial charge in [-0.2, -0.15) is 0 Å². The Morgan fingerprint density at radius 2 is 1.67 bits per heavy atom. The van der Waals surface area contributed by atoms with Gasteiger partial charge in [0.2, 0.25) is 0 Å². The van der Waals surface area contributed by atoms with Gasteiger partial charge in [0, 0.05) is 0 Å². The van der Waals surface area contributed by atoms with E-state index in [1.54, 1.807) is 0 Å². The summed E-state index contributed by atoms with van der Waals surface area (Å²) < 4.78 is 16.6. The van der Waals surface area contributed by atoms with Gasteiger partial charge in [-0.3, -0.25) is 0 Å². The van der Waals surface area contributed by atoms with Gasteiger partial charge in [0.1, 0.15) is 0 Å². The molecule has 4 bridgehead atoms. The second-order valence-electron chi connectivity index (χ2n) is 6.49. The van der Waals surface area contributed by atoms with Crippen LogP contribution < -0.4 is 4.46 Å². The molecular formula is C16H19FSe. The molecule has 0 amide bonds. The van der Waals surface area contributed by atoms with Crippen LogP contribution >= 0.6 is 0 Å². The Balaban J connectivity index is 1.61. The minimum atomic E-state index is -0.801. The third-order valence-corrected chi connectivity index (χ3v) is 8.51. The van der Waals surface area contributed by atoms with Gasteiger partial charge in [0.05, 0.1) is 0 Å². The number of hydrogen-bond donors (Lipinski definition) is 0. The quantitative estimate of drug-likeness (QED) is 0.735. The van der Waals surface area contributed by atoms with E-state index >= 15 is 4.39 Å². The number of halogens is 1. The van der Waals surface area contributed by atoms with Crippen LogP contribution in [0.2, 0.25) is 4.82 Å². The van der Waals surface area contributed by atoms with Crippen LogP contribution in [-0.2, 0) is 0 Å². The molecule has 18 heavy (non-hydrogen) atoms. The molecule has 0 spiro atoms. The van der Waals surface area contributed by atoms with E-state index in [2.05, 4.69) is 30.3 Å². The van der Waals surface area contributed by atoms with E-state index < -0.39 is 5.67 Å². The third kappa shape index (κ3) is 1.77. The molecule has 0 saturated heterocycles. The fourth-order valence-corrected chi connectivity index (χ4v) is 7.73. The number of rotatable bonds is 2. The third-order valence-electron chi connectivity index (χ3n) is 5.14. The van der Waals surface area contributed by atoms with E-state index in [1.807, 2.05) is 0 Å². The predicted molar refractivity (Wildman–Crippen MR) is 73.0 cm³/mol. The molecule has 2 heteroatoms. The van der Waals surface area contributed by atoms with E-state index in [-0.39, 0.29) is 0 Å². The van der Waals surface area contributed by atoms with E-state index in [0.717, 1.165) is 24.7 Å². The van der Waals surface area contributed by atoms with Crippen LogP contribution in [0.25, 0.3) is 0 Å². The summed E-state index contributed by atoms with van der Waals surface area (Å²) in [5.41, 5.74) is -0.801. The molecule has 4 aliphatic carbocycles. The maximum absolute atomic E-state index is 15.2. The van der Waals surface area contributed by atoms with Crippen molar-refractivity contribution in [2.45, 2.75) is 42.6 Å². The molecule has 0 aromatic heterocycles. The molecule has 1 aromatic rings. The van der Waals surface area contributed by atoms with Crippen molar-refractivity contribution in [3.05, 3.63) is 30.3 Å². The second-order valence-corrected chi connectivity index (χ2v) is 9.04. The Morgan fingerprint density at radius 3 is 2.28 bits per heavy atom. The summed E-state index contributed by atoms with van der Waals surface area (Å²) >= 11 is 0.327. The van der Waals surface area contributed by atoms with Crippen LogP contribution in [-0.4, -0.2) is 20.6 Å². The number of hydrogen-bond acceptors (Lipinski definition) is 0. The number of benzene rings is 1. The van der Waals surface area contributed by atoms with Gasteiger partial charge in [-0.25, -0.2) is 0 Å². The topological polar surface area (TPSA) is 0 Å². The summed E-state index contributed by atoms with van der Waals surface area (Å²) in [7, 11) is 0. The van der Waals surface area contributed by atoms with Crippen molar-refractivity contribution < 1.29 is 4.39 Å². The van der Waals surface area contributed by atoms with E-state index in [1.165, 1.54) is 23.7 Å². The zero-order valence-electron chi connectivity index (χ0n) is 10.5. The average Bonchev–Trinajstić information content (AvgIpc) is 2.34. The van der Waals surface area contributed by atoms with Crippen LogP contribution in [0.15, 0.2) is 30.3 Å². The molecule has 0 heterocycles. The van der Waals surface area contributed by atoms with Gasteiger partial charge in [0.25, 0.3) is 0 Å². The van der Waals surface area contributed by atoms with Crippen molar-refractivity contribution in [3.8, 4) is 0 Å². The fourth-order valence-electron chi connectivity index (χ4n) is 4.74. The van der Waals surface area contributed by atoms with Crippen LogP contribution in [0.1, 0.15) is 32.1 Å². The van der Waals surface area contributed by atoms with Crippen molar-refractivity contribution >= 4 is 19.4 Å². The average molecular weight is 309 g/mol. The first-order valence-electron chi connectivity index (χ1n) is 7.13. The van der Waals surface area contributed by atoms with Gasteiger partial charge < -0.3 is 0 Å². The molecule has 96 valence electrons. The first-order chi connectivity index (χ1) is 8.73. The standard InChI is InChI=1S/C16H19FSe/c17-16-9-11-6-12(10-16)8-13(7-11)15(16)18-14-4-2-1-3-5-14/h1-5,11-13,15H,6-10H2. The van der Waals surface area contributed by atoms with Crippen molar-refractivity contribution in [3.63, 3.8) is 0 Å². The summed E-state index contributed by atoms with van der Waals surface area (Å²) in [5.74, 6) is 2.13. The first kappa shape index (κ1) is 11.5. The van der Waals surface area contributed by atoms with Crippen LogP contribution in [0.3, 0.4) is 0 Å². The van der Waals surface area contributed by atoms with Crippen LogP contribution in [0, 0.1) is 17.8 Å². The van der Waals surface area contributed by atoms with Crippen LogP contribution in [0.4, 0.5) is 4.39 Å². The molecule has 3 atom stereocenters. The molecule has 5 rings (SSSR count). The Morgan fingerprint density at radius 1 is 1.00 bits per heavy atom.